The van der Waals surface area contributed by atoms with Gasteiger partial charge in [0.25, 0.3) is 5.92 Å². The van der Waals surface area contributed by atoms with Gasteiger partial charge in [0.1, 0.15) is 0 Å². The number of aromatic nitrogens is 2. The number of para-hydroxylation sites is 1. The topological polar surface area (TPSA) is 49.3 Å². The summed E-state index contributed by atoms with van der Waals surface area (Å²) in [6.45, 7) is -0.199. The third-order valence-electron chi connectivity index (χ3n) is 3.02. The van der Waals surface area contributed by atoms with Crippen LogP contribution in [0.15, 0.2) is 24.3 Å². The number of halogens is 2. The molecule has 18 heavy (non-hydrogen) atoms. The van der Waals surface area contributed by atoms with Gasteiger partial charge in [-0.3, -0.25) is 0 Å². The quantitative estimate of drug-likeness (QED) is 0.844. The highest BCUT2D eigenvalue weighted by Crippen LogP contribution is 2.31. The fraction of sp³-hybridized carbons (Fsp3) is 0.333. The van der Waals surface area contributed by atoms with Crippen molar-refractivity contribution in [2.24, 2.45) is 0 Å². The van der Waals surface area contributed by atoms with E-state index in [0.29, 0.717) is 10.9 Å². The van der Waals surface area contributed by atoms with Crippen LogP contribution in [0.4, 0.5) is 14.7 Å². The molecule has 1 saturated heterocycles. The van der Waals surface area contributed by atoms with E-state index in [0.717, 1.165) is 0 Å². The highest BCUT2D eigenvalue weighted by molar-refractivity contribution is 5.84. The van der Waals surface area contributed by atoms with Crippen LogP contribution in [0.1, 0.15) is 6.42 Å². The van der Waals surface area contributed by atoms with Crippen LogP contribution >= 0.6 is 0 Å². The first-order chi connectivity index (χ1) is 8.55. The van der Waals surface area contributed by atoms with E-state index in [1.165, 1.54) is 4.90 Å². The predicted octanol–water partition coefficient (Wildman–Crippen LogP) is 2.18. The summed E-state index contributed by atoms with van der Waals surface area (Å²) >= 11 is 0. The van der Waals surface area contributed by atoms with Gasteiger partial charge < -0.3 is 10.0 Å². The van der Waals surface area contributed by atoms with E-state index >= 15 is 0 Å². The van der Waals surface area contributed by atoms with Crippen LogP contribution in [0.5, 0.6) is 5.88 Å². The molecule has 0 unspecified atom stereocenters. The number of nitrogens with zero attached hydrogens (tertiary/aromatic N) is 3. The molecule has 1 fully saturated rings. The van der Waals surface area contributed by atoms with Crippen molar-refractivity contribution in [3.05, 3.63) is 24.3 Å². The zero-order chi connectivity index (χ0) is 12.8. The van der Waals surface area contributed by atoms with E-state index in [1.807, 2.05) is 0 Å². The molecule has 0 radical (unpaired) electrons. The van der Waals surface area contributed by atoms with Crippen molar-refractivity contribution in [1.29, 1.82) is 0 Å². The predicted molar refractivity (Wildman–Crippen MR) is 63.0 cm³/mol. The summed E-state index contributed by atoms with van der Waals surface area (Å²) in [4.78, 5) is 9.49. The number of hydrogen-bond donors (Lipinski definition) is 1. The fourth-order valence-corrected chi connectivity index (χ4v) is 2.10. The minimum absolute atomic E-state index is 0.156. The van der Waals surface area contributed by atoms with Crippen LogP contribution in [0.3, 0.4) is 0 Å². The molecule has 1 aromatic heterocycles. The molecule has 0 atom stereocenters. The van der Waals surface area contributed by atoms with Gasteiger partial charge in [-0.15, -0.1) is 0 Å². The van der Waals surface area contributed by atoms with Gasteiger partial charge in [0.15, 0.2) is 0 Å². The molecule has 1 aromatic carbocycles. The Balaban J connectivity index is 2.03. The third kappa shape index (κ3) is 1.83. The summed E-state index contributed by atoms with van der Waals surface area (Å²) in [5.41, 5.74) is 0.551. The van der Waals surface area contributed by atoms with Crippen molar-refractivity contribution in [3.8, 4) is 5.88 Å². The first-order valence-corrected chi connectivity index (χ1v) is 5.64. The number of benzene rings is 1. The zero-order valence-electron chi connectivity index (χ0n) is 9.48. The Morgan fingerprint density at radius 2 is 2.00 bits per heavy atom. The molecule has 94 valence electrons. The number of alkyl halides is 2. The van der Waals surface area contributed by atoms with Gasteiger partial charge in [-0.1, -0.05) is 12.1 Å². The highest BCUT2D eigenvalue weighted by atomic mass is 19.3. The van der Waals surface area contributed by atoms with Crippen molar-refractivity contribution in [1.82, 2.24) is 9.97 Å². The molecule has 0 amide bonds. The van der Waals surface area contributed by atoms with E-state index in [-0.39, 0.29) is 24.8 Å². The molecule has 1 aliphatic heterocycles. The summed E-state index contributed by atoms with van der Waals surface area (Å²) < 4.78 is 26.3. The Kier molecular flexibility index (Phi) is 2.33. The molecular weight excluding hydrogens is 240 g/mol. The lowest BCUT2D eigenvalue weighted by Gasteiger charge is -2.16. The van der Waals surface area contributed by atoms with Gasteiger partial charge in [-0.25, -0.2) is 13.8 Å². The van der Waals surface area contributed by atoms with E-state index < -0.39 is 12.5 Å². The molecule has 0 aliphatic carbocycles. The summed E-state index contributed by atoms with van der Waals surface area (Å²) in [5.74, 6) is -2.72. The van der Waals surface area contributed by atoms with Gasteiger partial charge in [0, 0.05) is 13.0 Å². The maximum atomic E-state index is 13.1. The lowest BCUT2D eigenvalue weighted by molar-refractivity contribution is 0.0256. The molecule has 2 aromatic rings. The second-order valence-corrected chi connectivity index (χ2v) is 4.39. The zero-order valence-corrected chi connectivity index (χ0v) is 9.48. The number of hydrogen-bond acceptors (Lipinski definition) is 4. The maximum absolute atomic E-state index is 13.1. The van der Waals surface area contributed by atoms with E-state index in [4.69, 9.17) is 0 Å². The molecule has 3 rings (SSSR count). The molecule has 0 saturated carbocycles. The average molecular weight is 251 g/mol. The first-order valence-electron chi connectivity index (χ1n) is 5.64. The lowest BCUT2D eigenvalue weighted by atomic mass is 10.2. The van der Waals surface area contributed by atoms with Crippen molar-refractivity contribution in [3.63, 3.8) is 0 Å². The molecule has 1 aliphatic rings. The van der Waals surface area contributed by atoms with Gasteiger partial charge >= 0.3 is 0 Å². The standard InChI is InChI=1S/C12H11F2N3O/c13-12(14)5-6-17(7-12)11-15-9-4-2-1-3-8(9)10(18)16-11/h1-4H,5-7H2,(H,15,16,18). The van der Waals surface area contributed by atoms with Gasteiger partial charge in [0.05, 0.1) is 17.4 Å². The second kappa shape index (κ2) is 3.76. The Hall–Kier alpha value is -1.98. The minimum atomic E-state index is -2.70. The van der Waals surface area contributed by atoms with Gasteiger partial charge in [-0.2, -0.15) is 4.98 Å². The Bertz CT molecular complexity index is 603. The van der Waals surface area contributed by atoms with Gasteiger partial charge in [0.2, 0.25) is 11.8 Å². The van der Waals surface area contributed by atoms with E-state index in [9.17, 15) is 13.9 Å². The minimum Gasteiger partial charge on any atom is -0.493 e. The van der Waals surface area contributed by atoms with Crippen molar-refractivity contribution < 1.29 is 13.9 Å². The molecular formula is C12H11F2N3O. The van der Waals surface area contributed by atoms with Gasteiger partial charge in [-0.05, 0) is 12.1 Å². The van der Waals surface area contributed by atoms with Crippen LogP contribution in [0.25, 0.3) is 10.9 Å². The first kappa shape index (κ1) is 11.1. The number of fused-ring (bicyclic) bond motifs is 1. The molecule has 0 bridgehead atoms. The smallest absolute Gasteiger partial charge is 0.267 e. The van der Waals surface area contributed by atoms with Crippen LogP contribution in [0.2, 0.25) is 0 Å². The summed E-state index contributed by atoms with van der Waals surface area (Å²) in [7, 11) is 0. The van der Waals surface area contributed by atoms with Crippen LogP contribution in [-0.4, -0.2) is 34.1 Å². The summed E-state index contributed by atoms with van der Waals surface area (Å²) in [6.07, 6.45) is -0.204. The Morgan fingerprint density at radius 1 is 1.22 bits per heavy atom. The maximum Gasteiger partial charge on any atom is 0.267 e. The molecule has 6 heteroatoms. The van der Waals surface area contributed by atoms with Crippen molar-refractivity contribution >= 4 is 16.9 Å². The number of rotatable bonds is 1. The number of anilines is 1. The largest absolute Gasteiger partial charge is 0.493 e. The normalized spacial score (nSPS) is 18.4. The van der Waals surface area contributed by atoms with Crippen LogP contribution < -0.4 is 4.90 Å². The lowest BCUT2D eigenvalue weighted by Crippen LogP contribution is -2.26. The molecule has 0 spiro atoms. The number of aromatic hydroxyl groups is 1. The van der Waals surface area contributed by atoms with Crippen LogP contribution in [0, 0.1) is 0 Å². The second-order valence-electron chi connectivity index (χ2n) is 4.39. The fourth-order valence-electron chi connectivity index (χ4n) is 2.10. The highest BCUT2D eigenvalue weighted by Gasteiger charge is 2.39. The third-order valence-corrected chi connectivity index (χ3v) is 3.02. The SMILES string of the molecule is Oc1nc(N2CCC(F)(F)C2)nc2ccccc12. The Labute approximate surface area is 102 Å². The molecule has 4 nitrogen and oxygen atoms in total. The van der Waals surface area contributed by atoms with Crippen molar-refractivity contribution in [2.45, 2.75) is 12.3 Å². The average Bonchev–Trinajstić information content (AvgIpc) is 2.70. The Morgan fingerprint density at radius 3 is 2.72 bits per heavy atom. The monoisotopic (exact) mass is 251 g/mol. The summed E-state index contributed by atoms with van der Waals surface area (Å²) in [6, 6.07) is 6.94. The van der Waals surface area contributed by atoms with Crippen molar-refractivity contribution in [2.75, 3.05) is 18.0 Å². The van der Waals surface area contributed by atoms with E-state index in [1.54, 1.807) is 24.3 Å². The summed E-state index contributed by atoms with van der Waals surface area (Å²) in [5, 5.41) is 10.3. The van der Waals surface area contributed by atoms with Crippen LogP contribution in [-0.2, 0) is 0 Å². The van der Waals surface area contributed by atoms with E-state index in [2.05, 4.69) is 9.97 Å². The molecule has 2 heterocycles. The molecule has 1 N–H and O–H groups in total.